The van der Waals surface area contributed by atoms with Crippen molar-refractivity contribution in [1.29, 1.82) is 0 Å². The molecule has 0 bridgehead atoms. The number of carbonyl (C=O) groups excluding carboxylic acids is 1. The molecule has 98 valence electrons. The molecule has 0 N–H and O–H groups in total. The molecule has 2 unspecified atom stereocenters. The summed E-state index contributed by atoms with van der Waals surface area (Å²) >= 11 is 0. The smallest absolute Gasteiger partial charge is 0.254 e. The highest BCUT2D eigenvalue weighted by atomic mass is 16.5. The molecule has 1 amide bonds. The lowest BCUT2D eigenvalue weighted by Crippen LogP contribution is -2.51. The topological polar surface area (TPSA) is 29.5 Å². The van der Waals surface area contributed by atoms with Gasteiger partial charge in [0, 0.05) is 12.1 Å². The number of rotatable bonds is 1. The first-order chi connectivity index (χ1) is 8.50. The SMILES string of the molecule is Cc1ccc(C(=O)N2CCOC(C)C2C)c(C)c1. The molecule has 1 saturated heterocycles. The van der Waals surface area contributed by atoms with Crippen molar-refractivity contribution in [2.45, 2.75) is 39.8 Å². The predicted octanol–water partition coefficient (Wildman–Crippen LogP) is 2.55. The molecule has 0 radical (unpaired) electrons. The molecule has 1 aliphatic heterocycles. The molecular weight excluding hydrogens is 226 g/mol. The number of benzene rings is 1. The van der Waals surface area contributed by atoms with E-state index in [0.717, 1.165) is 11.1 Å². The van der Waals surface area contributed by atoms with Crippen LogP contribution >= 0.6 is 0 Å². The molecule has 2 rings (SSSR count). The van der Waals surface area contributed by atoms with Crippen LogP contribution in [-0.4, -0.2) is 36.1 Å². The van der Waals surface area contributed by atoms with Gasteiger partial charge in [0.2, 0.25) is 0 Å². The first kappa shape index (κ1) is 13.1. The van der Waals surface area contributed by atoms with E-state index >= 15 is 0 Å². The van der Waals surface area contributed by atoms with Crippen LogP contribution in [0, 0.1) is 13.8 Å². The van der Waals surface area contributed by atoms with Crippen LogP contribution in [0.1, 0.15) is 35.3 Å². The summed E-state index contributed by atoms with van der Waals surface area (Å²) in [5, 5.41) is 0. The van der Waals surface area contributed by atoms with E-state index in [1.165, 1.54) is 5.56 Å². The number of hydrogen-bond donors (Lipinski definition) is 0. The fourth-order valence-electron chi connectivity index (χ4n) is 2.43. The molecule has 3 nitrogen and oxygen atoms in total. The number of amides is 1. The monoisotopic (exact) mass is 247 g/mol. The summed E-state index contributed by atoms with van der Waals surface area (Å²) in [6.07, 6.45) is 0.105. The molecule has 1 aliphatic rings. The largest absolute Gasteiger partial charge is 0.375 e. The van der Waals surface area contributed by atoms with Gasteiger partial charge in [-0.25, -0.2) is 0 Å². The van der Waals surface area contributed by atoms with Crippen LogP contribution in [0.15, 0.2) is 18.2 Å². The second-order valence-electron chi connectivity index (χ2n) is 5.13. The van der Waals surface area contributed by atoms with E-state index in [0.29, 0.717) is 13.2 Å². The van der Waals surface area contributed by atoms with Crippen molar-refractivity contribution < 1.29 is 9.53 Å². The highest BCUT2D eigenvalue weighted by molar-refractivity contribution is 5.96. The van der Waals surface area contributed by atoms with Crippen molar-refractivity contribution in [2.24, 2.45) is 0 Å². The Morgan fingerprint density at radius 2 is 2.06 bits per heavy atom. The Labute approximate surface area is 109 Å². The Morgan fingerprint density at radius 3 is 2.72 bits per heavy atom. The van der Waals surface area contributed by atoms with Crippen molar-refractivity contribution in [3.63, 3.8) is 0 Å². The van der Waals surface area contributed by atoms with Gasteiger partial charge < -0.3 is 9.64 Å². The fraction of sp³-hybridized carbons (Fsp3) is 0.533. The molecule has 1 aromatic rings. The zero-order chi connectivity index (χ0) is 13.3. The van der Waals surface area contributed by atoms with Gasteiger partial charge in [-0.3, -0.25) is 4.79 Å². The van der Waals surface area contributed by atoms with Gasteiger partial charge in [-0.1, -0.05) is 17.7 Å². The van der Waals surface area contributed by atoms with Gasteiger partial charge >= 0.3 is 0 Å². The summed E-state index contributed by atoms with van der Waals surface area (Å²) in [6.45, 7) is 9.41. The Balaban J connectivity index is 2.25. The van der Waals surface area contributed by atoms with E-state index in [4.69, 9.17) is 4.74 Å². The maximum atomic E-state index is 12.6. The minimum atomic E-state index is 0.105. The molecule has 1 fully saturated rings. The molecule has 18 heavy (non-hydrogen) atoms. The minimum Gasteiger partial charge on any atom is -0.375 e. The van der Waals surface area contributed by atoms with Crippen LogP contribution in [-0.2, 0) is 4.74 Å². The molecular formula is C15H21NO2. The summed E-state index contributed by atoms with van der Waals surface area (Å²) in [5.74, 6) is 0.121. The summed E-state index contributed by atoms with van der Waals surface area (Å²) in [7, 11) is 0. The molecule has 0 aromatic heterocycles. The second kappa shape index (κ2) is 5.11. The summed E-state index contributed by atoms with van der Waals surface area (Å²) in [6, 6.07) is 6.11. The quantitative estimate of drug-likeness (QED) is 0.763. The van der Waals surface area contributed by atoms with Crippen LogP contribution in [0.4, 0.5) is 0 Å². The van der Waals surface area contributed by atoms with Crippen molar-refractivity contribution in [1.82, 2.24) is 4.90 Å². The average molecular weight is 247 g/mol. The Morgan fingerprint density at radius 1 is 1.33 bits per heavy atom. The van der Waals surface area contributed by atoms with Crippen molar-refractivity contribution >= 4 is 5.91 Å². The molecule has 1 heterocycles. The van der Waals surface area contributed by atoms with E-state index in [1.54, 1.807) is 0 Å². The molecule has 2 atom stereocenters. The van der Waals surface area contributed by atoms with Gasteiger partial charge in [-0.15, -0.1) is 0 Å². The third-order valence-electron chi connectivity index (χ3n) is 3.76. The van der Waals surface area contributed by atoms with Gasteiger partial charge in [0.1, 0.15) is 0 Å². The Kier molecular flexibility index (Phi) is 3.71. The molecule has 0 aliphatic carbocycles. The minimum absolute atomic E-state index is 0.105. The van der Waals surface area contributed by atoms with Crippen molar-refractivity contribution in [3.8, 4) is 0 Å². The lowest BCUT2D eigenvalue weighted by Gasteiger charge is -2.38. The van der Waals surface area contributed by atoms with E-state index < -0.39 is 0 Å². The third-order valence-corrected chi connectivity index (χ3v) is 3.76. The summed E-state index contributed by atoms with van der Waals surface area (Å²) < 4.78 is 5.56. The highest BCUT2D eigenvalue weighted by Crippen LogP contribution is 2.19. The number of nitrogens with zero attached hydrogens (tertiary/aromatic N) is 1. The van der Waals surface area contributed by atoms with Gasteiger partial charge in [-0.05, 0) is 39.3 Å². The van der Waals surface area contributed by atoms with E-state index in [-0.39, 0.29) is 18.1 Å². The van der Waals surface area contributed by atoms with Gasteiger partial charge in [0.15, 0.2) is 0 Å². The number of carbonyl (C=O) groups is 1. The van der Waals surface area contributed by atoms with Crippen molar-refractivity contribution in [2.75, 3.05) is 13.2 Å². The maximum Gasteiger partial charge on any atom is 0.254 e. The molecule has 0 spiro atoms. The van der Waals surface area contributed by atoms with Crippen molar-refractivity contribution in [3.05, 3.63) is 34.9 Å². The average Bonchev–Trinajstić information content (AvgIpc) is 2.32. The lowest BCUT2D eigenvalue weighted by atomic mass is 10.0. The molecule has 0 saturated carbocycles. The number of aryl methyl sites for hydroxylation is 2. The summed E-state index contributed by atoms with van der Waals surface area (Å²) in [5.41, 5.74) is 3.04. The predicted molar refractivity (Wildman–Crippen MR) is 71.8 cm³/mol. The first-order valence-electron chi connectivity index (χ1n) is 6.50. The van der Waals surface area contributed by atoms with Crippen LogP contribution < -0.4 is 0 Å². The lowest BCUT2D eigenvalue weighted by molar-refractivity contribution is -0.0440. The van der Waals surface area contributed by atoms with Gasteiger partial charge in [-0.2, -0.15) is 0 Å². The standard InChI is InChI=1S/C15H21NO2/c1-10-5-6-14(11(2)9-10)15(17)16-7-8-18-13(4)12(16)3/h5-6,9,12-13H,7-8H2,1-4H3. The molecule has 3 heteroatoms. The van der Waals surface area contributed by atoms with E-state index in [2.05, 4.69) is 6.07 Å². The molecule has 1 aromatic carbocycles. The van der Waals surface area contributed by atoms with Gasteiger partial charge in [0.25, 0.3) is 5.91 Å². The van der Waals surface area contributed by atoms with Crippen LogP contribution in [0.25, 0.3) is 0 Å². The normalized spacial score (nSPS) is 24.1. The summed E-state index contributed by atoms with van der Waals surface area (Å²) in [4.78, 5) is 14.5. The number of hydrogen-bond acceptors (Lipinski definition) is 2. The van der Waals surface area contributed by atoms with Gasteiger partial charge in [0.05, 0.1) is 18.8 Å². The number of morpholine rings is 1. The van der Waals surface area contributed by atoms with Crippen LogP contribution in [0.2, 0.25) is 0 Å². The Bertz CT molecular complexity index is 456. The third kappa shape index (κ3) is 2.41. The zero-order valence-corrected chi connectivity index (χ0v) is 11.6. The maximum absolute atomic E-state index is 12.6. The Hall–Kier alpha value is -1.35. The van der Waals surface area contributed by atoms with E-state index in [9.17, 15) is 4.79 Å². The first-order valence-corrected chi connectivity index (χ1v) is 6.50. The van der Waals surface area contributed by atoms with Crippen LogP contribution in [0.5, 0.6) is 0 Å². The second-order valence-corrected chi connectivity index (χ2v) is 5.13. The highest BCUT2D eigenvalue weighted by Gasteiger charge is 2.30. The number of ether oxygens (including phenoxy) is 1. The fourth-order valence-corrected chi connectivity index (χ4v) is 2.43. The van der Waals surface area contributed by atoms with Crippen LogP contribution in [0.3, 0.4) is 0 Å². The zero-order valence-electron chi connectivity index (χ0n) is 11.6. The van der Waals surface area contributed by atoms with E-state index in [1.807, 2.05) is 44.7 Å².